The van der Waals surface area contributed by atoms with Crippen molar-refractivity contribution in [2.45, 2.75) is 65.0 Å². The molecule has 108 valence electrons. The normalized spacial score (nSPS) is 29.7. The highest BCUT2D eigenvalue weighted by Gasteiger charge is 2.33. The Morgan fingerprint density at radius 2 is 2.11 bits per heavy atom. The van der Waals surface area contributed by atoms with E-state index >= 15 is 0 Å². The van der Waals surface area contributed by atoms with Gasteiger partial charge in [0.25, 0.3) is 0 Å². The Bertz CT molecular complexity index is 223. The summed E-state index contributed by atoms with van der Waals surface area (Å²) in [5, 5.41) is 3.76. The molecule has 1 saturated heterocycles. The van der Waals surface area contributed by atoms with Gasteiger partial charge in [0.1, 0.15) is 0 Å². The first-order valence-electron chi connectivity index (χ1n) is 7.72. The summed E-state index contributed by atoms with van der Waals surface area (Å²) in [6.07, 6.45) is 5.22. The Kier molecular flexibility index (Phi) is 7.66. The maximum Gasteiger partial charge on any atom is 0.0278 e. The van der Waals surface area contributed by atoms with Crippen LogP contribution < -0.4 is 5.32 Å². The molecule has 0 bridgehead atoms. The van der Waals surface area contributed by atoms with Crippen molar-refractivity contribution in [1.29, 1.82) is 0 Å². The van der Waals surface area contributed by atoms with Gasteiger partial charge in [0.2, 0.25) is 0 Å². The Morgan fingerprint density at radius 1 is 1.33 bits per heavy atom. The summed E-state index contributed by atoms with van der Waals surface area (Å²) in [5.74, 6) is 2.58. The first-order chi connectivity index (χ1) is 8.65. The van der Waals surface area contributed by atoms with Crippen LogP contribution in [0.2, 0.25) is 0 Å². The molecule has 2 unspecified atom stereocenters. The van der Waals surface area contributed by atoms with Gasteiger partial charge < -0.3 is 5.32 Å². The lowest BCUT2D eigenvalue weighted by Gasteiger charge is -2.46. The van der Waals surface area contributed by atoms with Gasteiger partial charge in [0.15, 0.2) is 0 Å². The van der Waals surface area contributed by atoms with E-state index in [0.717, 1.165) is 6.04 Å². The Balaban J connectivity index is 2.44. The maximum atomic E-state index is 3.76. The third kappa shape index (κ3) is 5.10. The fraction of sp³-hybridized carbons (Fsp3) is 1.00. The van der Waals surface area contributed by atoms with Crippen LogP contribution in [0, 0.1) is 0 Å². The lowest BCUT2D eigenvalue weighted by molar-refractivity contribution is 0.0796. The van der Waals surface area contributed by atoms with Crippen molar-refractivity contribution in [3.8, 4) is 0 Å². The minimum atomic E-state index is 0.335. The van der Waals surface area contributed by atoms with Crippen molar-refractivity contribution in [1.82, 2.24) is 10.2 Å². The zero-order valence-corrected chi connectivity index (χ0v) is 13.6. The first kappa shape index (κ1) is 16.3. The molecule has 0 aromatic heterocycles. The van der Waals surface area contributed by atoms with Crippen LogP contribution in [-0.4, -0.2) is 47.6 Å². The van der Waals surface area contributed by atoms with Crippen LogP contribution in [-0.2, 0) is 0 Å². The molecule has 0 aromatic carbocycles. The first-order valence-corrected chi connectivity index (χ1v) is 8.87. The number of piperazine rings is 1. The molecule has 0 aromatic rings. The van der Waals surface area contributed by atoms with Gasteiger partial charge in [-0.2, -0.15) is 11.8 Å². The van der Waals surface area contributed by atoms with Crippen LogP contribution in [0.25, 0.3) is 0 Å². The Morgan fingerprint density at radius 3 is 2.72 bits per heavy atom. The zero-order valence-electron chi connectivity index (χ0n) is 12.8. The third-order valence-corrected chi connectivity index (χ3v) is 5.16. The van der Waals surface area contributed by atoms with Crippen LogP contribution in [0.5, 0.6) is 0 Å². The number of rotatable bonds is 8. The van der Waals surface area contributed by atoms with E-state index in [2.05, 4.69) is 49.7 Å². The van der Waals surface area contributed by atoms with E-state index in [-0.39, 0.29) is 0 Å². The van der Waals surface area contributed by atoms with E-state index in [1.807, 2.05) is 0 Å². The molecule has 18 heavy (non-hydrogen) atoms. The van der Waals surface area contributed by atoms with Crippen LogP contribution in [0.1, 0.15) is 53.4 Å². The lowest BCUT2D eigenvalue weighted by atomic mass is 9.92. The molecule has 1 aliphatic rings. The molecule has 0 spiro atoms. The molecular weight excluding hydrogens is 240 g/mol. The number of thioether (sulfide) groups is 1. The Labute approximate surface area is 118 Å². The van der Waals surface area contributed by atoms with Gasteiger partial charge in [-0.05, 0) is 44.2 Å². The largest absolute Gasteiger partial charge is 0.309 e. The molecule has 3 heteroatoms. The van der Waals surface area contributed by atoms with E-state index in [4.69, 9.17) is 0 Å². The SMILES string of the molecule is CCCC1CNC(C)(CC)CN1CCCSCC. The van der Waals surface area contributed by atoms with Crippen LogP contribution in [0.4, 0.5) is 0 Å². The van der Waals surface area contributed by atoms with Gasteiger partial charge in [-0.1, -0.05) is 27.2 Å². The molecular formula is C15H32N2S. The summed E-state index contributed by atoms with van der Waals surface area (Å²) in [6.45, 7) is 12.9. The highest BCUT2D eigenvalue weighted by molar-refractivity contribution is 7.99. The smallest absolute Gasteiger partial charge is 0.0278 e. The molecule has 1 N–H and O–H groups in total. The van der Waals surface area contributed by atoms with Gasteiger partial charge in [0.05, 0.1) is 0 Å². The Hall–Kier alpha value is 0.270. The van der Waals surface area contributed by atoms with Crippen LogP contribution in [0.3, 0.4) is 0 Å². The predicted molar refractivity (Wildman–Crippen MR) is 84.6 cm³/mol. The summed E-state index contributed by atoms with van der Waals surface area (Å²) in [7, 11) is 0. The fourth-order valence-electron chi connectivity index (χ4n) is 2.76. The second-order valence-electron chi connectivity index (χ2n) is 5.76. The molecule has 0 saturated carbocycles. The molecule has 1 heterocycles. The molecule has 2 nitrogen and oxygen atoms in total. The van der Waals surface area contributed by atoms with E-state index in [0.29, 0.717) is 5.54 Å². The molecule has 0 aliphatic carbocycles. The second kappa shape index (κ2) is 8.44. The van der Waals surface area contributed by atoms with Crippen LogP contribution >= 0.6 is 11.8 Å². The number of nitrogens with zero attached hydrogens (tertiary/aromatic N) is 1. The highest BCUT2D eigenvalue weighted by Crippen LogP contribution is 2.21. The minimum absolute atomic E-state index is 0.335. The predicted octanol–water partition coefficient (Wildman–Crippen LogP) is 3.37. The van der Waals surface area contributed by atoms with Gasteiger partial charge in [-0.3, -0.25) is 4.90 Å². The highest BCUT2D eigenvalue weighted by atomic mass is 32.2. The van der Waals surface area contributed by atoms with E-state index in [9.17, 15) is 0 Å². The van der Waals surface area contributed by atoms with Crippen molar-refractivity contribution >= 4 is 11.8 Å². The number of hydrogen-bond acceptors (Lipinski definition) is 3. The molecule has 1 rings (SSSR count). The van der Waals surface area contributed by atoms with Crippen molar-refractivity contribution in [3.63, 3.8) is 0 Å². The third-order valence-electron chi connectivity index (χ3n) is 4.17. The van der Waals surface area contributed by atoms with Gasteiger partial charge >= 0.3 is 0 Å². The fourth-order valence-corrected chi connectivity index (χ4v) is 3.38. The molecule has 0 radical (unpaired) electrons. The summed E-state index contributed by atoms with van der Waals surface area (Å²) < 4.78 is 0. The molecule has 2 atom stereocenters. The van der Waals surface area contributed by atoms with Crippen molar-refractivity contribution < 1.29 is 0 Å². The van der Waals surface area contributed by atoms with E-state index < -0.39 is 0 Å². The van der Waals surface area contributed by atoms with Crippen LogP contribution in [0.15, 0.2) is 0 Å². The second-order valence-corrected chi connectivity index (χ2v) is 7.15. The molecule has 0 amide bonds. The number of nitrogens with one attached hydrogen (secondary N) is 1. The minimum Gasteiger partial charge on any atom is -0.309 e. The van der Waals surface area contributed by atoms with Crippen molar-refractivity contribution in [3.05, 3.63) is 0 Å². The van der Waals surface area contributed by atoms with Gasteiger partial charge in [-0.15, -0.1) is 0 Å². The summed E-state index contributed by atoms with van der Waals surface area (Å²) in [6, 6.07) is 0.765. The molecule has 1 fully saturated rings. The van der Waals surface area contributed by atoms with Gasteiger partial charge in [-0.25, -0.2) is 0 Å². The average Bonchev–Trinajstić information content (AvgIpc) is 2.38. The number of hydrogen-bond donors (Lipinski definition) is 1. The monoisotopic (exact) mass is 272 g/mol. The average molecular weight is 273 g/mol. The standard InChI is InChI=1S/C15H32N2S/c1-5-9-14-12-16-15(4,6-2)13-17(14)10-8-11-18-7-3/h14,16H,5-13H2,1-4H3. The zero-order chi connectivity index (χ0) is 13.4. The van der Waals surface area contributed by atoms with E-state index in [1.54, 1.807) is 0 Å². The maximum absolute atomic E-state index is 3.76. The summed E-state index contributed by atoms with van der Waals surface area (Å²) >= 11 is 2.07. The van der Waals surface area contributed by atoms with Crippen molar-refractivity contribution in [2.24, 2.45) is 0 Å². The quantitative estimate of drug-likeness (QED) is 0.682. The lowest BCUT2D eigenvalue weighted by Crippen LogP contribution is -2.62. The van der Waals surface area contributed by atoms with Crippen molar-refractivity contribution in [2.75, 3.05) is 31.1 Å². The summed E-state index contributed by atoms with van der Waals surface area (Å²) in [5.41, 5.74) is 0.335. The van der Waals surface area contributed by atoms with E-state index in [1.165, 1.54) is 56.8 Å². The molecule has 1 aliphatic heterocycles. The van der Waals surface area contributed by atoms with Gasteiger partial charge in [0, 0.05) is 24.7 Å². The summed E-state index contributed by atoms with van der Waals surface area (Å²) in [4.78, 5) is 2.75. The topological polar surface area (TPSA) is 15.3 Å².